The number of nitrogens with zero attached hydrogens (tertiary/aromatic N) is 3. The molecule has 2 heterocycles. The van der Waals surface area contributed by atoms with Crippen molar-refractivity contribution in [3.63, 3.8) is 0 Å². The lowest BCUT2D eigenvalue weighted by Gasteiger charge is -2.06. The van der Waals surface area contributed by atoms with E-state index in [1.807, 2.05) is 32.0 Å². The molecule has 0 saturated heterocycles. The van der Waals surface area contributed by atoms with Crippen LogP contribution in [0.3, 0.4) is 0 Å². The summed E-state index contributed by atoms with van der Waals surface area (Å²) in [6, 6.07) is 0. The van der Waals surface area contributed by atoms with E-state index < -0.39 is 0 Å². The molecular formula is C10H14N4S. The van der Waals surface area contributed by atoms with E-state index in [-0.39, 0.29) is 0 Å². The zero-order chi connectivity index (χ0) is 10.7. The van der Waals surface area contributed by atoms with E-state index in [0.717, 1.165) is 18.8 Å². The fourth-order valence-electron chi connectivity index (χ4n) is 1.45. The summed E-state index contributed by atoms with van der Waals surface area (Å²) >= 11 is 1.69. The van der Waals surface area contributed by atoms with E-state index in [9.17, 15) is 0 Å². The van der Waals surface area contributed by atoms with Gasteiger partial charge in [0.25, 0.3) is 0 Å². The van der Waals surface area contributed by atoms with Gasteiger partial charge in [-0.2, -0.15) is 0 Å². The van der Waals surface area contributed by atoms with Gasteiger partial charge >= 0.3 is 0 Å². The van der Waals surface area contributed by atoms with Crippen molar-refractivity contribution in [2.45, 2.75) is 20.0 Å². The second kappa shape index (κ2) is 4.55. The van der Waals surface area contributed by atoms with Crippen LogP contribution < -0.4 is 5.32 Å². The van der Waals surface area contributed by atoms with Crippen LogP contribution in [0.2, 0.25) is 0 Å². The Labute approximate surface area is 93.0 Å². The molecular weight excluding hydrogens is 208 g/mol. The summed E-state index contributed by atoms with van der Waals surface area (Å²) < 4.78 is 2.15. The molecule has 15 heavy (non-hydrogen) atoms. The van der Waals surface area contributed by atoms with E-state index in [0.29, 0.717) is 0 Å². The maximum atomic E-state index is 4.24. The maximum Gasteiger partial charge on any atom is 0.0952 e. The summed E-state index contributed by atoms with van der Waals surface area (Å²) in [5, 5.41) is 3.13. The molecule has 0 aliphatic heterocycles. The highest BCUT2D eigenvalue weighted by Crippen LogP contribution is 2.14. The summed E-state index contributed by atoms with van der Waals surface area (Å²) in [4.78, 5) is 9.70. The second-order valence-corrected chi connectivity index (χ2v) is 4.34. The number of hydrogen-bond donors (Lipinski definition) is 1. The number of aryl methyl sites for hydroxylation is 1. The average Bonchev–Trinajstić information content (AvgIpc) is 2.80. The topological polar surface area (TPSA) is 42.7 Å². The Balaban J connectivity index is 2.17. The lowest BCUT2D eigenvalue weighted by Crippen LogP contribution is -2.11. The van der Waals surface area contributed by atoms with Crippen LogP contribution in [-0.2, 0) is 13.1 Å². The fourth-order valence-corrected chi connectivity index (χ4v) is 2.23. The first kappa shape index (κ1) is 10.3. The monoisotopic (exact) mass is 222 g/mol. The van der Waals surface area contributed by atoms with Gasteiger partial charge in [0.1, 0.15) is 0 Å². The standard InChI is InChI=1S/C10H14N4S/c1-8-10(15-7-13-8)5-14-6-12-4-9(14)3-11-2/h4,6-7,11H,3,5H2,1-2H3. The minimum Gasteiger partial charge on any atom is -0.328 e. The molecule has 0 unspecified atom stereocenters. The summed E-state index contributed by atoms with van der Waals surface area (Å²) in [5.41, 5.74) is 4.20. The Kier molecular flexibility index (Phi) is 3.13. The van der Waals surface area contributed by atoms with E-state index in [2.05, 4.69) is 19.9 Å². The third-order valence-corrected chi connectivity index (χ3v) is 3.24. The van der Waals surface area contributed by atoms with Gasteiger partial charge in [-0.15, -0.1) is 11.3 Å². The molecule has 2 rings (SSSR count). The van der Waals surface area contributed by atoms with E-state index >= 15 is 0 Å². The van der Waals surface area contributed by atoms with Gasteiger partial charge in [-0.1, -0.05) is 0 Å². The van der Waals surface area contributed by atoms with Gasteiger partial charge in [0.05, 0.1) is 29.8 Å². The number of rotatable bonds is 4. The number of thiazole rings is 1. The summed E-state index contributed by atoms with van der Waals surface area (Å²) in [6.45, 7) is 3.76. The van der Waals surface area contributed by atoms with Crippen molar-refractivity contribution in [1.82, 2.24) is 19.9 Å². The van der Waals surface area contributed by atoms with Gasteiger partial charge in [-0.05, 0) is 14.0 Å². The molecule has 0 saturated carbocycles. The number of nitrogens with one attached hydrogen (secondary N) is 1. The molecule has 0 radical (unpaired) electrons. The number of aromatic nitrogens is 3. The third kappa shape index (κ3) is 2.24. The normalized spacial score (nSPS) is 10.8. The Morgan fingerprint density at radius 2 is 2.40 bits per heavy atom. The minimum absolute atomic E-state index is 0.845. The summed E-state index contributed by atoms with van der Waals surface area (Å²) in [5.74, 6) is 0. The lowest BCUT2D eigenvalue weighted by molar-refractivity contribution is 0.695. The number of hydrogen-bond acceptors (Lipinski definition) is 4. The molecule has 0 amide bonds. The zero-order valence-electron chi connectivity index (χ0n) is 8.90. The molecule has 5 heteroatoms. The smallest absolute Gasteiger partial charge is 0.0952 e. The van der Waals surface area contributed by atoms with E-state index in [4.69, 9.17) is 0 Å². The van der Waals surface area contributed by atoms with Crippen molar-refractivity contribution < 1.29 is 0 Å². The number of imidazole rings is 1. The maximum absolute atomic E-state index is 4.24. The van der Waals surface area contributed by atoms with Crippen LogP contribution in [0.15, 0.2) is 18.0 Å². The average molecular weight is 222 g/mol. The van der Waals surface area contributed by atoms with Crippen LogP contribution in [0.25, 0.3) is 0 Å². The van der Waals surface area contributed by atoms with Crippen molar-refractivity contribution in [3.8, 4) is 0 Å². The molecule has 0 aliphatic rings. The molecule has 0 fully saturated rings. The Morgan fingerprint density at radius 1 is 1.53 bits per heavy atom. The summed E-state index contributed by atoms with van der Waals surface area (Å²) in [7, 11) is 1.94. The summed E-state index contributed by atoms with van der Waals surface area (Å²) in [6.07, 6.45) is 3.76. The van der Waals surface area contributed by atoms with Gasteiger partial charge in [-0.25, -0.2) is 9.97 Å². The molecule has 0 spiro atoms. The highest BCUT2D eigenvalue weighted by Gasteiger charge is 2.05. The first-order valence-corrected chi connectivity index (χ1v) is 5.72. The molecule has 2 aromatic rings. The predicted molar refractivity (Wildman–Crippen MR) is 60.9 cm³/mol. The molecule has 1 N–H and O–H groups in total. The Bertz CT molecular complexity index is 432. The largest absolute Gasteiger partial charge is 0.328 e. The Morgan fingerprint density at radius 3 is 3.07 bits per heavy atom. The molecule has 0 aliphatic carbocycles. The quantitative estimate of drug-likeness (QED) is 0.850. The van der Waals surface area contributed by atoms with Crippen LogP contribution in [0, 0.1) is 6.92 Å². The Hall–Kier alpha value is -1.20. The molecule has 2 aromatic heterocycles. The molecule has 0 bridgehead atoms. The van der Waals surface area contributed by atoms with Gasteiger partial charge in [0, 0.05) is 17.6 Å². The van der Waals surface area contributed by atoms with Gasteiger partial charge < -0.3 is 9.88 Å². The molecule has 4 nitrogen and oxygen atoms in total. The SMILES string of the molecule is CNCc1cncn1Cc1scnc1C. The molecule has 0 atom stereocenters. The highest BCUT2D eigenvalue weighted by atomic mass is 32.1. The van der Waals surface area contributed by atoms with Gasteiger partial charge in [0.15, 0.2) is 0 Å². The first-order chi connectivity index (χ1) is 7.31. The van der Waals surface area contributed by atoms with Crippen LogP contribution in [0.1, 0.15) is 16.3 Å². The van der Waals surface area contributed by atoms with Crippen LogP contribution >= 0.6 is 11.3 Å². The van der Waals surface area contributed by atoms with Gasteiger partial charge in [0.2, 0.25) is 0 Å². The molecule has 0 aromatic carbocycles. The van der Waals surface area contributed by atoms with Crippen LogP contribution in [0.5, 0.6) is 0 Å². The minimum atomic E-state index is 0.845. The second-order valence-electron chi connectivity index (χ2n) is 3.40. The molecule has 80 valence electrons. The van der Waals surface area contributed by atoms with Crippen molar-refractivity contribution in [2.24, 2.45) is 0 Å². The van der Waals surface area contributed by atoms with E-state index in [1.54, 1.807) is 11.3 Å². The lowest BCUT2D eigenvalue weighted by atomic mass is 10.3. The van der Waals surface area contributed by atoms with Crippen LogP contribution in [0.4, 0.5) is 0 Å². The third-order valence-electron chi connectivity index (χ3n) is 2.32. The van der Waals surface area contributed by atoms with Crippen molar-refractivity contribution in [1.29, 1.82) is 0 Å². The van der Waals surface area contributed by atoms with Crippen LogP contribution in [-0.4, -0.2) is 21.6 Å². The van der Waals surface area contributed by atoms with Gasteiger partial charge in [-0.3, -0.25) is 0 Å². The van der Waals surface area contributed by atoms with Crippen molar-refractivity contribution in [3.05, 3.63) is 34.3 Å². The van der Waals surface area contributed by atoms with Crippen molar-refractivity contribution in [2.75, 3.05) is 7.05 Å². The predicted octanol–water partition coefficient (Wildman–Crippen LogP) is 1.42. The van der Waals surface area contributed by atoms with E-state index in [1.165, 1.54) is 10.6 Å². The zero-order valence-corrected chi connectivity index (χ0v) is 9.71. The fraction of sp³-hybridized carbons (Fsp3) is 0.400. The highest BCUT2D eigenvalue weighted by molar-refractivity contribution is 7.09. The van der Waals surface area contributed by atoms with Crippen molar-refractivity contribution >= 4 is 11.3 Å². The first-order valence-electron chi connectivity index (χ1n) is 4.84.